The van der Waals surface area contributed by atoms with Crippen LogP contribution in [-0.2, 0) is 0 Å². The summed E-state index contributed by atoms with van der Waals surface area (Å²) in [4.78, 5) is 16.7. The van der Waals surface area contributed by atoms with Crippen molar-refractivity contribution >= 4 is 46.7 Å². The summed E-state index contributed by atoms with van der Waals surface area (Å²) >= 11 is 7.66. The quantitative estimate of drug-likeness (QED) is 0.669. The largest absolute Gasteiger partial charge is 0.322 e. The van der Waals surface area contributed by atoms with Gasteiger partial charge < -0.3 is 5.32 Å². The van der Waals surface area contributed by atoms with E-state index in [1.54, 1.807) is 35.6 Å². The number of aromatic nitrogens is 1. The first kappa shape index (κ1) is 16.4. The van der Waals surface area contributed by atoms with Gasteiger partial charge >= 0.3 is 0 Å². The lowest BCUT2D eigenvalue weighted by Gasteiger charge is -2.07. The van der Waals surface area contributed by atoms with Crippen molar-refractivity contribution in [2.24, 2.45) is 0 Å². The molecule has 0 radical (unpaired) electrons. The number of halogens is 1. The molecule has 0 saturated heterocycles. The maximum atomic E-state index is 12.3. The molecule has 120 valence electrons. The normalized spacial score (nSPS) is 10.9. The standard InChI is InChI=1S/C19H15ClN2OS/c1-13-12-24-18(21-13)10-9-14-5-4-6-15(11-14)22-19(23)16-7-2-3-8-17(16)20/h2-12H,1H3,(H,22,23)/b10-9+. The van der Waals surface area contributed by atoms with E-state index >= 15 is 0 Å². The SMILES string of the molecule is Cc1csc(/C=C/c2cccc(NC(=O)c3ccccc3Cl)c2)n1. The fraction of sp³-hybridized carbons (Fsp3) is 0.0526. The maximum Gasteiger partial charge on any atom is 0.257 e. The van der Waals surface area contributed by atoms with Crippen molar-refractivity contribution < 1.29 is 4.79 Å². The molecule has 24 heavy (non-hydrogen) atoms. The van der Waals surface area contributed by atoms with Crippen LogP contribution in [-0.4, -0.2) is 10.9 Å². The first-order chi connectivity index (χ1) is 11.6. The molecule has 0 unspecified atom stereocenters. The summed E-state index contributed by atoms with van der Waals surface area (Å²) < 4.78 is 0. The highest BCUT2D eigenvalue weighted by Crippen LogP contribution is 2.19. The lowest BCUT2D eigenvalue weighted by atomic mass is 10.1. The van der Waals surface area contributed by atoms with E-state index < -0.39 is 0 Å². The fourth-order valence-corrected chi connectivity index (χ4v) is 3.09. The van der Waals surface area contributed by atoms with Gasteiger partial charge in [0.1, 0.15) is 5.01 Å². The van der Waals surface area contributed by atoms with Crippen molar-refractivity contribution in [1.29, 1.82) is 0 Å². The zero-order valence-corrected chi connectivity index (χ0v) is 14.6. The van der Waals surface area contributed by atoms with Crippen LogP contribution >= 0.6 is 22.9 Å². The number of thiazole rings is 1. The van der Waals surface area contributed by atoms with Crippen LogP contribution in [0.1, 0.15) is 26.6 Å². The van der Waals surface area contributed by atoms with Crippen LogP contribution in [0, 0.1) is 6.92 Å². The van der Waals surface area contributed by atoms with Crippen molar-refractivity contribution in [2.75, 3.05) is 5.32 Å². The van der Waals surface area contributed by atoms with E-state index in [0.717, 1.165) is 22.0 Å². The number of hydrogen-bond donors (Lipinski definition) is 1. The lowest BCUT2D eigenvalue weighted by molar-refractivity contribution is 0.102. The Morgan fingerprint density at radius 2 is 2.00 bits per heavy atom. The van der Waals surface area contributed by atoms with Crippen molar-refractivity contribution in [3.8, 4) is 0 Å². The number of nitrogens with one attached hydrogen (secondary N) is 1. The second kappa shape index (κ2) is 7.43. The highest BCUT2D eigenvalue weighted by molar-refractivity contribution is 7.10. The number of amides is 1. The number of benzene rings is 2. The molecule has 0 fully saturated rings. The third kappa shape index (κ3) is 4.10. The number of hydrogen-bond acceptors (Lipinski definition) is 3. The van der Waals surface area contributed by atoms with E-state index in [-0.39, 0.29) is 5.91 Å². The van der Waals surface area contributed by atoms with Crippen molar-refractivity contribution in [3.63, 3.8) is 0 Å². The molecule has 1 amide bonds. The fourth-order valence-electron chi connectivity index (χ4n) is 2.18. The number of rotatable bonds is 4. The minimum absolute atomic E-state index is 0.225. The summed E-state index contributed by atoms with van der Waals surface area (Å²) in [6, 6.07) is 14.6. The molecule has 1 aromatic heterocycles. The summed E-state index contributed by atoms with van der Waals surface area (Å²) in [5, 5.41) is 6.28. The molecular formula is C19H15ClN2OS. The third-order valence-corrected chi connectivity index (χ3v) is 4.58. The van der Waals surface area contributed by atoms with Crippen LogP contribution in [0.4, 0.5) is 5.69 Å². The maximum absolute atomic E-state index is 12.3. The average Bonchev–Trinajstić information content (AvgIpc) is 2.99. The lowest BCUT2D eigenvalue weighted by Crippen LogP contribution is -2.12. The number of nitrogens with zero attached hydrogens (tertiary/aromatic N) is 1. The highest BCUT2D eigenvalue weighted by Gasteiger charge is 2.09. The molecule has 1 heterocycles. The third-order valence-electron chi connectivity index (χ3n) is 3.32. The van der Waals surface area contributed by atoms with Crippen molar-refractivity contribution in [3.05, 3.63) is 80.8 Å². The molecule has 0 aliphatic rings. The topological polar surface area (TPSA) is 42.0 Å². The van der Waals surface area contributed by atoms with Gasteiger partial charge in [0, 0.05) is 16.8 Å². The van der Waals surface area contributed by atoms with E-state index in [9.17, 15) is 4.79 Å². The molecule has 0 atom stereocenters. The monoisotopic (exact) mass is 354 g/mol. The highest BCUT2D eigenvalue weighted by atomic mass is 35.5. The minimum atomic E-state index is -0.225. The number of anilines is 1. The van der Waals surface area contributed by atoms with Gasteiger partial charge in [-0.25, -0.2) is 4.98 Å². The molecular weight excluding hydrogens is 340 g/mol. The Morgan fingerprint density at radius 3 is 2.75 bits per heavy atom. The van der Waals surface area contributed by atoms with Crippen LogP contribution < -0.4 is 5.32 Å². The van der Waals surface area contributed by atoms with Gasteiger partial charge in [-0.15, -0.1) is 11.3 Å². The number of carbonyl (C=O) groups excluding carboxylic acids is 1. The van der Waals surface area contributed by atoms with E-state index in [2.05, 4.69) is 10.3 Å². The van der Waals surface area contributed by atoms with Crippen molar-refractivity contribution in [2.45, 2.75) is 6.92 Å². The Labute approximate surface area is 149 Å². The van der Waals surface area contributed by atoms with Gasteiger partial charge in [0.15, 0.2) is 0 Å². The minimum Gasteiger partial charge on any atom is -0.322 e. The van der Waals surface area contributed by atoms with Gasteiger partial charge in [-0.3, -0.25) is 4.79 Å². The molecule has 0 bridgehead atoms. The average molecular weight is 355 g/mol. The van der Waals surface area contributed by atoms with Gasteiger partial charge in [-0.05, 0) is 42.8 Å². The number of aryl methyl sites for hydroxylation is 1. The van der Waals surface area contributed by atoms with Crippen LogP contribution in [0.3, 0.4) is 0 Å². The Balaban J connectivity index is 1.75. The van der Waals surface area contributed by atoms with Crippen LogP contribution in [0.15, 0.2) is 53.9 Å². The molecule has 3 aromatic rings. The molecule has 3 rings (SSSR count). The number of carbonyl (C=O) groups is 1. The molecule has 3 nitrogen and oxygen atoms in total. The van der Waals surface area contributed by atoms with Crippen molar-refractivity contribution in [1.82, 2.24) is 4.98 Å². The first-order valence-electron chi connectivity index (χ1n) is 7.38. The molecule has 0 saturated carbocycles. The second-order valence-electron chi connectivity index (χ2n) is 5.22. The van der Waals surface area contributed by atoms with Gasteiger partial charge in [0.05, 0.1) is 10.6 Å². The molecule has 0 aliphatic carbocycles. The Hall–Kier alpha value is -2.43. The Bertz CT molecular complexity index is 902. The Morgan fingerprint density at radius 1 is 1.17 bits per heavy atom. The molecule has 5 heteroatoms. The van der Waals surface area contributed by atoms with Gasteiger partial charge in [0.25, 0.3) is 5.91 Å². The molecule has 0 aliphatic heterocycles. The Kier molecular flexibility index (Phi) is 5.08. The van der Waals surface area contributed by atoms with Crippen LogP contribution in [0.2, 0.25) is 5.02 Å². The molecule has 2 aromatic carbocycles. The van der Waals surface area contributed by atoms with E-state index in [1.165, 1.54) is 0 Å². The van der Waals surface area contributed by atoms with Gasteiger partial charge in [0.2, 0.25) is 0 Å². The molecule has 0 spiro atoms. The summed E-state index contributed by atoms with van der Waals surface area (Å²) in [6.45, 7) is 1.97. The summed E-state index contributed by atoms with van der Waals surface area (Å²) in [7, 11) is 0. The summed E-state index contributed by atoms with van der Waals surface area (Å²) in [6.07, 6.45) is 3.94. The van der Waals surface area contributed by atoms with Gasteiger partial charge in [-0.2, -0.15) is 0 Å². The second-order valence-corrected chi connectivity index (χ2v) is 6.52. The first-order valence-corrected chi connectivity index (χ1v) is 8.64. The van der Waals surface area contributed by atoms with E-state index in [4.69, 9.17) is 11.6 Å². The van der Waals surface area contributed by atoms with E-state index in [1.807, 2.05) is 48.7 Å². The van der Waals surface area contributed by atoms with Gasteiger partial charge in [-0.1, -0.05) is 41.9 Å². The van der Waals surface area contributed by atoms with E-state index in [0.29, 0.717) is 10.6 Å². The zero-order chi connectivity index (χ0) is 16.9. The summed E-state index contributed by atoms with van der Waals surface area (Å²) in [5.41, 5.74) is 3.18. The van der Waals surface area contributed by atoms with Crippen LogP contribution in [0.5, 0.6) is 0 Å². The van der Waals surface area contributed by atoms with Crippen LogP contribution in [0.25, 0.3) is 12.2 Å². The zero-order valence-electron chi connectivity index (χ0n) is 13.0. The smallest absolute Gasteiger partial charge is 0.257 e. The predicted molar refractivity (Wildman–Crippen MR) is 102 cm³/mol. The summed E-state index contributed by atoms with van der Waals surface area (Å²) in [5.74, 6) is -0.225. The molecule has 1 N–H and O–H groups in total. The predicted octanol–water partition coefficient (Wildman–Crippen LogP) is 5.53.